The third kappa shape index (κ3) is 4.80. The fourth-order valence-corrected chi connectivity index (χ4v) is 2.19. The average Bonchev–Trinajstić information content (AvgIpc) is 3.15. The molecule has 0 spiro atoms. The molecular weight excluding hydrogens is 306 g/mol. The van der Waals surface area contributed by atoms with Crippen molar-refractivity contribution in [1.82, 2.24) is 25.9 Å². The van der Waals surface area contributed by atoms with E-state index in [4.69, 9.17) is 5.11 Å². The highest BCUT2D eigenvalue weighted by Crippen LogP contribution is 2.07. The number of carboxylic acids is 1. The van der Waals surface area contributed by atoms with Crippen LogP contribution in [0, 0.1) is 0 Å². The summed E-state index contributed by atoms with van der Waals surface area (Å²) in [5.74, 6) is -2.51. The molecule has 1 fully saturated rings. The quantitative estimate of drug-likeness (QED) is 0.388. The number of carbonyl (C=O) groups excluding carboxylic acids is 3. The molecule has 1 saturated heterocycles. The monoisotopic (exact) mass is 323 g/mol. The lowest BCUT2D eigenvalue weighted by molar-refractivity contribution is -0.138. The summed E-state index contributed by atoms with van der Waals surface area (Å²) >= 11 is 0. The van der Waals surface area contributed by atoms with Gasteiger partial charge in [-0.1, -0.05) is 0 Å². The summed E-state index contributed by atoms with van der Waals surface area (Å²) in [4.78, 5) is 52.5. The molecule has 10 heteroatoms. The lowest BCUT2D eigenvalue weighted by Crippen LogP contribution is -2.53. The number of aromatic nitrogens is 2. The highest BCUT2D eigenvalue weighted by molar-refractivity contribution is 5.94. The first-order valence-corrected chi connectivity index (χ1v) is 7.02. The van der Waals surface area contributed by atoms with Gasteiger partial charge < -0.3 is 26.0 Å². The van der Waals surface area contributed by atoms with E-state index in [-0.39, 0.29) is 18.7 Å². The minimum atomic E-state index is -1.19. The Balaban J connectivity index is 2.00. The average molecular weight is 323 g/mol. The molecule has 1 aromatic heterocycles. The van der Waals surface area contributed by atoms with Crippen LogP contribution in [0.2, 0.25) is 0 Å². The number of rotatable bonds is 7. The van der Waals surface area contributed by atoms with Gasteiger partial charge in [0.05, 0.1) is 6.33 Å². The Hall–Kier alpha value is -2.91. The van der Waals surface area contributed by atoms with Crippen molar-refractivity contribution in [3.8, 4) is 0 Å². The predicted octanol–water partition coefficient (Wildman–Crippen LogP) is -2.08. The van der Waals surface area contributed by atoms with Crippen LogP contribution in [-0.4, -0.2) is 57.4 Å². The lowest BCUT2D eigenvalue weighted by atomic mass is 10.1. The van der Waals surface area contributed by atoms with Crippen molar-refractivity contribution in [2.75, 3.05) is 6.54 Å². The SMILES string of the molecule is O=C(O)CNC(=O)[C@@H](Cc1cnc[nH]1)NC(=O)[C@H]1CCC(=O)N1. The molecule has 23 heavy (non-hydrogen) atoms. The number of imidazole rings is 1. The first-order chi connectivity index (χ1) is 11.0. The van der Waals surface area contributed by atoms with Crippen LogP contribution in [0.5, 0.6) is 0 Å². The van der Waals surface area contributed by atoms with Crippen molar-refractivity contribution in [3.05, 3.63) is 18.2 Å². The molecule has 124 valence electrons. The summed E-state index contributed by atoms with van der Waals surface area (Å²) in [6, 6.07) is -1.65. The zero-order valence-corrected chi connectivity index (χ0v) is 12.2. The molecular formula is C13H17N5O5. The maximum absolute atomic E-state index is 12.1. The molecule has 0 unspecified atom stereocenters. The summed E-state index contributed by atoms with van der Waals surface area (Å²) in [6.07, 6.45) is 3.67. The number of carboxylic acid groups (broad SMARTS) is 1. The van der Waals surface area contributed by atoms with Gasteiger partial charge in [0.2, 0.25) is 17.7 Å². The van der Waals surface area contributed by atoms with Crippen LogP contribution in [0.1, 0.15) is 18.5 Å². The minimum absolute atomic E-state index is 0.123. The van der Waals surface area contributed by atoms with E-state index in [1.54, 1.807) is 0 Å². The maximum Gasteiger partial charge on any atom is 0.322 e. The zero-order chi connectivity index (χ0) is 16.8. The molecule has 1 aliphatic heterocycles. The van der Waals surface area contributed by atoms with E-state index < -0.39 is 36.4 Å². The summed E-state index contributed by atoms with van der Waals surface area (Å²) in [7, 11) is 0. The van der Waals surface area contributed by atoms with E-state index in [0.717, 1.165) is 0 Å². The molecule has 0 saturated carbocycles. The normalized spacial score (nSPS) is 18.1. The van der Waals surface area contributed by atoms with E-state index in [2.05, 4.69) is 25.9 Å². The molecule has 0 radical (unpaired) electrons. The summed E-state index contributed by atoms with van der Waals surface area (Å²) < 4.78 is 0. The van der Waals surface area contributed by atoms with Crippen molar-refractivity contribution in [1.29, 1.82) is 0 Å². The molecule has 1 aliphatic rings. The van der Waals surface area contributed by atoms with Crippen LogP contribution < -0.4 is 16.0 Å². The molecule has 5 N–H and O–H groups in total. The first-order valence-electron chi connectivity index (χ1n) is 7.02. The Bertz CT molecular complexity index is 600. The summed E-state index contributed by atoms with van der Waals surface area (Å²) in [5, 5.41) is 15.9. The van der Waals surface area contributed by atoms with Crippen molar-refractivity contribution < 1.29 is 24.3 Å². The van der Waals surface area contributed by atoms with Crippen LogP contribution in [0.4, 0.5) is 0 Å². The van der Waals surface area contributed by atoms with Gasteiger partial charge in [-0.25, -0.2) is 4.98 Å². The standard InChI is InChI=1S/C13H17N5O5/c19-10-2-1-8(17-10)13(23)18-9(3-7-4-14-6-16-7)12(22)15-5-11(20)21/h4,6,8-9H,1-3,5H2,(H,14,16)(H,15,22)(H,17,19)(H,18,23)(H,20,21)/t8-,9-/m1/s1. The number of hydrogen-bond donors (Lipinski definition) is 5. The van der Waals surface area contributed by atoms with Gasteiger partial charge in [-0.05, 0) is 6.42 Å². The highest BCUT2D eigenvalue weighted by atomic mass is 16.4. The number of carbonyl (C=O) groups is 4. The van der Waals surface area contributed by atoms with Gasteiger partial charge in [-0.2, -0.15) is 0 Å². The van der Waals surface area contributed by atoms with E-state index >= 15 is 0 Å². The van der Waals surface area contributed by atoms with Gasteiger partial charge in [-0.15, -0.1) is 0 Å². The number of nitrogens with zero attached hydrogens (tertiary/aromatic N) is 1. The topological polar surface area (TPSA) is 153 Å². The molecule has 0 bridgehead atoms. The number of aromatic amines is 1. The van der Waals surface area contributed by atoms with Gasteiger partial charge in [0.15, 0.2) is 0 Å². The molecule has 0 aromatic carbocycles. The van der Waals surface area contributed by atoms with Crippen LogP contribution in [-0.2, 0) is 25.6 Å². The second-order valence-electron chi connectivity index (χ2n) is 5.11. The Morgan fingerprint density at radius 1 is 1.43 bits per heavy atom. The third-order valence-electron chi connectivity index (χ3n) is 3.34. The minimum Gasteiger partial charge on any atom is -0.480 e. The zero-order valence-electron chi connectivity index (χ0n) is 12.2. The Morgan fingerprint density at radius 3 is 2.78 bits per heavy atom. The number of nitrogens with one attached hydrogen (secondary N) is 4. The molecule has 10 nitrogen and oxygen atoms in total. The van der Waals surface area contributed by atoms with Crippen LogP contribution in [0.15, 0.2) is 12.5 Å². The van der Waals surface area contributed by atoms with Crippen LogP contribution in [0.3, 0.4) is 0 Å². The van der Waals surface area contributed by atoms with Gasteiger partial charge >= 0.3 is 5.97 Å². The molecule has 1 aromatic rings. The van der Waals surface area contributed by atoms with Gasteiger partial charge in [0.25, 0.3) is 0 Å². The van der Waals surface area contributed by atoms with E-state index in [1.807, 2.05) is 0 Å². The second kappa shape index (κ2) is 7.38. The van der Waals surface area contributed by atoms with E-state index in [0.29, 0.717) is 12.1 Å². The smallest absolute Gasteiger partial charge is 0.322 e. The van der Waals surface area contributed by atoms with Crippen LogP contribution in [0.25, 0.3) is 0 Å². The molecule has 2 heterocycles. The number of amides is 3. The van der Waals surface area contributed by atoms with Crippen molar-refractivity contribution in [3.63, 3.8) is 0 Å². The predicted molar refractivity (Wildman–Crippen MR) is 76.0 cm³/mol. The molecule has 0 aliphatic carbocycles. The summed E-state index contributed by atoms with van der Waals surface area (Å²) in [6.45, 7) is -0.547. The third-order valence-corrected chi connectivity index (χ3v) is 3.34. The molecule has 3 amide bonds. The van der Waals surface area contributed by atoms with Crippen molar-refractivity contribution >= 4 is 23.7 Å². The van der Waals surface area contributed by atoms with Crippen molar-refractivity contribution in [2.45, 2.75) is 31.3 Å². The first kappa shape index (κ1) is 16.5. The largest absolute Gasteiger partial charge is 0.480 e. The fourth-order valence-electron chi connectivity index (χ4n) is 2.19. The van der Waals surface area contributed by atoms with Gasteiger partial charge in [0.1, 0.15) is 18.6 Å². The van der Waals surface area contributed by atoms with Crippen LogP contribution >= 0.6 is 0 Å². The Morgan fingerprint density at radius 2 is 2.22 bits per heavy atom. The lowest BCUT2D eigenvalue weighted by Gasteiger charge is -2.19. The van der Waals surface area contributed by atoms with Gasteiger partial charge in [0, 0.05) is 24.7 Å². The van der Waals surface area contributed by atoms with Crippen molar-refractivity contribution in [2.24, 2.45) is 0 Å². The number of hydrogen-bond acceptors (Lipinski definition) is 5. The molecule has 2 atom stereocenters. The maximum atomic E-state index is 12.1. The number of H-pyrrole nitrogens is 1. The molecule has 2 rings (SSSR count). The van der Waals surface area contributed by atoms with E-state index in [1.165, 1.54) is 12.5 Å². The Labute approximate surface area is 131 Å². The fraction of sp³-hybridized carbons (Fsp3) is 0.462. The van der Waals surface area contributed by atoms with Gasteiger partial charge in [-0.3, -0.25) is 19.2 Å². The Kier molecular flexibility index (Phi) is 5.28. The second-order valence-corrected chi connectivity index (χ2v) is 5.11. The van der Waals surface area contributed by atoms with E-state index in [9.17, 15) is 19.2 Å². The number of aliphatic carboxylic acids is 1. The highest BCUT2D eigenvalue weighted by Gasteiger charge is 2.30. The summed E-state index contributed by atoms with van der Waals surface area (Å²) in [5.41, 5.74) is 0.608.